The number of carboxylic acid groups (broad SMARTS) is 1. The van der Waals surface area contributed by atoms with Gasteiger partial charge >= 0.3 is 5.97 Å². The first kappa shape index (κ1) is 15.5. The predicted molar refractivity (Wildman–Crippen MR) is 78.3 cm³/mol. The molecule has 0 aliphatic carbocycles. The molecule has 7 heteroatoms. The lowest BCUT2D eigenvalue weighted by molar-refractivity contribution is 0.0697. The van der Waals surface area contributed by atoms with Crippen molar-refractivity contribution < 1.29 is 18.3 Å². The Balaban J connectivity index is 2.40. The zero-order valence-electron chi connectivity index (χ0n) is 11.1. The molecule has 0 bridgehead atoms. The van der Waals surface area contributed by atoms with Crippen LogP contribution in [0.5, 0.6) is 0 Å². The number of aromatic nitrogens is 1. The molecule has 1 aromatic heterocycles. The minimum absolute atomic E-state index is 0.00123. The lowest BCUT2D eigenvalue weighted by atomic mass is 10.2. The number of carbonyl (C=O) groups is 1. The Bertz CT molecular complexity index is 802. The zero-order chi connectivity index (χ0) is 15.6. The fourth-order valence-corrected chi connectivity index (χ4v) is 3.40. The number of hydrogen-bond donors (Lipinski definition) is 1. The van der Waals surface area contributed by atoms with Gasteiger partial charge < -0.3 is 5.11 Å². The molecule has 0 aliphatic heterocycles. The number of benzene rings is 1. The lowest BCUT2D eigenvalue weighted by Crippen LogP contribution is -2.07. The standard InChI is InChI=1S/C14H12ClNO4S/c1-9-4-10(7-16-6-9)8-21(19,20)11-2-3-13(15)12(5-11)14(17)18/h2-7H,8H2,1H3,(H,17,18). The topological polar surface area (TPSA) is 84.3 Å². The molecule has 0 aliphatic rings. The number of hydrogen-bond acceptors (Lipinski definition) is 4. The molecule has 2 rings (SSSR count). The van der Waals surface area contributed by atoms with Gasteiger partial charge in [-0.15, -0.1) is 0 Å². The monoisotopic (exact) mass is 325 g/mol. The van der Waals surface area contributed by atoms with Gasteiger partial charge in [0.2, 0.25) is 0 Å². The van der Waals surface area contributed by atoms with E-state index in [2.05, 4.69) is 4.98 Å². The maximum atomic E-state index is 12.3. The Morgan fingerprint density at radius 2 is 2.00 bits per heavy atom. The first-order valence-corrected chi connectivity index (χ1v) is 7.99. The molecule has 0 amide bonds. The van der Waals surface area contributed by atoms with E-state index in [-0.39, 0.29) is 21.2 Å². The van der Waals surface area contributed by atoms with Crippen LogP contribution in [0.3, 0.4) is 0 Å². The number of nitrogens with zero attached hydrogens (tertiary/aromatic N) is 1. The number of sulfone groups is 1. The van der Waals surface area contributed by atoms with Gasteiger partial charge in [0.15, 0.2) is 9.84 Å². The highest BCUT2D eigenvalue weighted by atomic mass is 35.5. The highest BCUT2D eigenvalue weighted by Crippen LogP contribution is 2.23. The van der Waals surface area contributed by atoms with Gasteiger partial charge in [0.05, 0.1) is 21.2 Å². The van der Waals surface area contributed by atoms with Crippen molar-refractivity contribution in [1.82, 2.24) is 4.98 Å². The largest absolute Gasteiger partial charge is 0.478 e. The van der Waals surface area contributed by atoms with E-state index < -0.39 is 15.8 Å². The molecule has 21 heavy (non-hydrogen) atoms. The normalized spacial score (nSPS) is 11.3. The van der Waals surface area contributed by atoms with Crippen LogP contribution in [0.1, 0.15) is 21.5 Å². The predicted octanol–water partition coefficient (Wildman–Crippen LogP) is 2.72. The van der Waals surface area contributed by atoms with E-state index in [1.54, 1.807) is 12.3 Å². The molecular formula is C14H12ClNO4S. The number of aryl methyl sites for hydroxylation is 1. The fourth-order valence-electron chi connectivity index (χ4n) is 1.86. The molecule has 0 spiro atoms. The van der Waals surface area contributed by atoms with Gasteiger partial charge in [-0.1, -0.05) is 17.7 Å². The molecule has 5 nitrogen and oxygen atoms in total. The molecule has 110 valence electrons. The first-order valence-electron chi connectivity index (χ1n) is 5.96. The van der Waals surface area contributed by atoms with Crippen LogP contribution < -0.4 is 0 Å². The first-order chi connectivity index (χ1) is 9.79. The summed E-state index contributed by atoms with van der Waals surface area (Å²) in [6.45, 7) is 1.81. The van der Waals surface area contributed by atoms with Gasteiger partial charge in [-0.2, -0.15) is 0 Å². The number of halogens is 1. The van der Waals surface area contributed by atoms with Crippen LogP contribution in [0.25, 0.3) is 0 Å². The molecule has 0 atom stereocenters. The van der Waals surface area contributed by atoms with Crippen molar-refractivity contribution in [3.63, 3.8) is 0 Å². The van der Waals surface area contributed by atoms with Crippen molar-refractivity contribution in [1.29, 1.82) is 0 Å². The summed E-state index contributed by atoms with van der Waals surface area (Å²) < 4.78 is 24.7. The molecule has 0 fully saturated rings. The van der Waals surface area contributed by atoms with E-state index >= 15 is 0 Å². The SMILES string of the molecule is Cc1cncc(CS(=O)(=O)c2ccc(Cl)c(C(=O)O)c2)c1. The zero-order valence-corrected chi connectivity index (χ0v) is 12.6. The quantitative estimate of drug-likeness (QED) is 0.934. The summed E-state index contributed by atoms with van der Waals surface area (Å²) in [5.74, 6) is -1.52. The average molecular weight is 326 g/mol. The van der Waals surface area contributed by atoms with Gasteiger partial charge in [-0.25, -0.2) is 13.2 Å². The Hall–Kier alpha value is -1.92. The summed E-state index contributed by atoms with van der Waals surface area (Å²) in [5, 5.41) is 8.99. The number of rotatable bonds is 4. The molecule has 1 aromatic carbocycles. The molecular weight excluding hydrogens is 314 g/mol. The third-order valence-electron chi connectivity index (χ3n) is 2.82. The van der Waals surface area contributed by atoms with Crippen molar-refractivity contribution in [3.8, 4) is 0 Å². The Labute approximate surface area is 127 Å². The minimum atomic E-state index is -3.66. The minimum Gasteiger partial charge on any atom is -0.478 e. The van der Waals surface area contributed by atoms with E-state index in [4.69, 9.17) is 16.7 Å². The van der Waals surface area contributed by atoms with Crippen molar-refractivity contribution in [2.24, 2.45) is 0 Å². The average Bonchev–Trinajstić information content (AvgIpc) is 2.38. The summed E-state index contributed by atoms with van der Waals surface area (Å²) >= 11 is 5.74. The summed E-state index contributed by atoms with van der Waals surface area (Å²) in [6.07, 6.45) is 3.10. The van der Waals surface area contributed by atoms with Crippen LogP contribution in [0, 0.1) is 6.92 Å². The third-order valence-corrected chi connectivity index (χ3v) is 4.83. The second kappa shape index (κ2) is 5.83. The van der Waals surface area contributed by atoms with E-state index in [9.17, 15) is 13.2 Å². The molecule has 1 N–H and O–H groups in total. The van der Waals surface area contributed by atoms with Gasteiger partial charge in [0.25, 0.3) is 0 Å². The van der Waals surface area contributed by atoms with Crippen molar-refractivity contribution in [2.75, 3.05) is 0 Å². The van der Waals surface area contributed by atoms with Crippen LogP contribution in [-0.4, -0.2) is 24.5 Å². The van der Waals surface area contributed by atoms with Crippen LogP contribution in [-0.2, 0) is 15.6 Å². The molecule has 0 saturated heterocycles. The Morgan fingerprint density at radius 3 is 2.62 bits per heavy atom. The second-order valence-electron chi connectivity index (χ2n) is 4.58. The van der Waals surface area contributed by atoms with Crippen molar-refractivity contribution in [2.45, 2.75) is 17.6 Å². The molecule has 0 radical (unpaired) electrons. The van der Waals surface area contributed by atoms with Crippen LogP contribution in [0.15, 0.2) is 41.6 Å². The Kier molecular flexibility index (Phi) is 4.29. The lowest BCUT2D eigenvalue weighted by Gasteiger charge is -2.07. The van der Waals surface area contributed by atoms with E-state index in [1.807, 2.05) is 6.92 Å². The molecule has 2 aromatic rings. The second-order valence-corrected chi connectivity index (χ2v) is 6.97. The number of pyridine rings is 1. The van der Waals surface area contributed by atoms with Gasteiger partial charge in [-0.05, 0) is 36.2 Å². The van der Waals surface area contributed by atoms with Gasteiger partial charge in [0.1, 0.15) is 0 Å². The summed E-state index contributed by atoms with van der Waals surface area (Å²) in [7, 11) is -3.66. The van der Waals surface area contributed by atoms with Crippen LogP contribution >= 0.6 is 11.6 Å². The van der Waals surface area contributed by atoms with Crippen LogP contribution in [0.2, 0.25) is 5.02 Å². The van der Waals surface area contributed by atoms with Gasteiger partial charge in [0, 0.05) is 12.4 Å². The van der Waals surface area contributed by atoms with Crippen molar-refractivity contribution >= 4 is 27.4 Å². The van der Waals surface area contributed by atoms with Crippen molar-refractivity contribution in [3.05, 3.63) is 58.4 Å². The molecule has 1 heterocycles. The number of aromatic carboxylic acids is 1. The van der Waals surface area contributed by atoms with Gasteiger partial charge in [-0.3, -0.25) is 4.98 Å². The smallest absolute Gasteiger partial charge is 0.337 e. The summed E-state index contributed by atoms with van der Waals surface area (Å²) in [5.41, 5.74) is 1.16. The van der Waals surface area contributed by atoms with E-state index in [0.29, 0.717) is 5.56 Å². The third kappa shape index (κ3) is 3.59. The highest BCUT2D eigenvalue weighted by molar-refractivity contribution is 7.90. The maximum absolute atomic E-state index is 12.3. The fraction of sp³-hybridized carbons (Fsp3) is 0.143. The molecule has 0 saturated carbocycles. The highest BCUT2D eigenvalue weighted by Gasteiger charge is 2.19. The maximum Gasteiger partial charge on any atom is 0.337 e. The molecule has 0 unspecified atom stereocenters. The summed E-state index contributed by atoms with van der Waals surface area (Å²) in [6, 6.07) is 5.36. The number of carboxylic acids is 1. The van der Waals surface area contributed by atoms with E-state index in [0.717, 1.165) is 11.6 Å². The Morgan fingerprint density at radius 1 is 1.29 bits per heavy atom. The van der Waals surface area contributed by atoms with Crippen LogP contribution in [0.4, 0.5) is 0 Å². The summed E-state index contributed by atoms with van der Waals surface area (Å²) in [4.78, 5) is 14.9. The van der Waals surface area contributed by atoms with E-state index in [1.165, 1.54) is 18.3 Å².